The highest BCUT2D eigenvalue weighted by Gasteiger charge is 2.38. The first-order chi connectivity index (χ1) is 7.72. The summed E-state index contributed by atoms with van der Waals surface area (Å²) in [5.41, 5.74) is 0. The van der Waals surface area contributed by atoms with Crippen LogP contribution in [0.1, 0.15) is 43.4 Å². The minimum atomic E-state index is 0.227. The van der Waals surface area contributed by atoms with Crippen molar-refractivity contribution in [3.8, 4) is 0 Å². The Labute approximate surface area is 93.6 Å². The summed E-state index contributed by atoms with van der Waals surface area (Å²) < 4.78 is 5.37. The summed E-state index contributed by atoms with van der Waals surface area (Å²) >= 11 is 0. The molecule has 0 bridgehead atoms. The van der Waals surface area contributed by atoms with Crippen LogP contribution in [0.5, 0.6) is 0 Å². The van der Waals surface area contributed by atoms with Crippen LogP contribution in [-0.4, -0.2) is 22.1 Å². The molecule has 1 aromatic heterocycles. The van der Waals surface area contributed by atoms with Crippen LogP contribution < -0.4 is 5.32 Å². The first-order valence-electron chi connectivity index (χ1n) is 5.83. The fourth-order valence-corrected chi connectivity index (χ4v) is 2.08. The molecule has 1 N–H and O–H groups in total. The number of rotatable bonds is 3. The number of hydrogen-bond donors (Lipinski definition) is 1. The Balaban J connectivity index is 1.49. The predicted molar refractivity (Wildman–Crippen MR) is 55.7 cm³/mol. The lowest BCUT2D eigenvalue weighted by molar-refractivity contribution is -0.123. The van der Waals surface area contributed by atoms with Crippen LogP contribution in [-0.2, 0) is 4.79 Å². The van der Waals surface area contributed by atoms with Crippen LogP contribution in [0.25, 0.3) is 0 Å². The van der Waals surface area contributed by atoms with Gasteiger partial charge in [-0.1, -0.05) is 0 Å². The second-order valence-corrected chi connectivity index (χ2v) is 4.81. The molecule has 0 aliphatic heterocycles. The zero-order valence-electron chi connectivity index (χ0n) is 9.27. The SMILES string of the molecule is Cc1nnc(C2CC(NC(=O)C3CC3)C2)o1. The van der Waals surface area contributed by atoms with E-state index in [0.29, 0.717) is 23.8 Å². The van der Waals surface area contributed by atoms with Crippen molar-refractivity contribution in [1.82, 2.24) is 15.5 Å². The maximum absolute atomic E-state index is 11.5. The van der Waals surface area contributed by atoms with Crippen LogP contribution >= 0.6 is 0 Å². The van der Waals surface area contributed by atoms with Crippen molar-refractivity contribution < 1.29 is 9.21 Å². The van der Waals surface area contributed by atoms with Crippen molar-refractivity contribution >= 4 is 5.91 Å². The number of aromatic nitrogens is 2. The number of nitrogens with zero attached hydrogens (tertiary/aromatic N) is 2. The molecule has 0 radical (unpaired) electrons. The minimum absolute atomic E-state index is 0.227. The van der Waals surface area contributed by atoms with Crippen molar-refractivity contribution in [2.75, 3.05) is 0 Å². The lowest BCUT2D eigenvalue weighted by Gasteiger charge is -2.33. The van der Waals surface area contributed by atoms with Gasteiger partial charge in [0.05, 0.1) is 0 Å². The van der Waals surface area contributed by atoms with Crippen molar-refractivity contribution in [2.24, 2.45) is 5.92 Å². The third-order valence-corrected chi connectivity index (χ3v) is 3.32. The van der Waals surface area contributed by atoms with E-state index >= 15 is 0 Å². The molecule has 0 aromatic carbocycles. The number of carbonyl (C=O) groups is 1. The molecule has 5 nitrogen and oxygen atoms in total. The summed E-state index contributed by atoms with van der Waals surface area (Å²) in [4.78, 5) is 11.5. The number of nitrogens with one attached hydrogen (secondary N) is 1. The van der Waals surface area contributed by atoms with E-state index in [0.717, 1.165) is 31.6 Å². The Kier molecular flexibility index (Phi) is 2.19. The van der Waals surface area contributed by atoms with Crippen LogP contribution in [0.3, 0.4) is 0 Å². The summed E-state index contributed by atoms with van der Waals surface area (Å²) in [7, 11) is 0. The van der Waals surface area contributed by atoms with Gasteiger partial charge in [-0.3, -0.25) is 4.79 Å². The van der Waals surface area contributed by atoms with Gasteiger partial charge in [-0.15, -0.1) is 10.2 Å². The van der Waals surface area contributed by atoms with Crippen molar-refractivity contribution in [1.29, 1.82) is 0 Å². The molecular weight excluding hydrogens is 206 g/mol. The zero-order chi connectivity index (χ0) is 11.1. The third-order valence-electron chi connectivity index (χ3n) is 3.32. The van der Waals surface area contributed by atoms with Gasteiger partial charge in [-0.05, 0) is 25.7 Å². The Morgan fingerprint density at radius 3 is 2.69 bits per heavy atom. The average Bonchev–Trinajstić information content (AvgIpc) is 2.95. The molecule has 0 spiro atoms. The van der Waals surface area contributed by atoms with Gasteiger partial charge in [0.25, 0.3) is 0 Å². The van der Waals surface area contributed by atoms with Gasteiger partial charge in [0.2, 0.25) is 17.7 Å². The molecule has 0 unspecified atom stereocenters. The van der Waals surface area contributed by atoms with Gasteiger partial charge in [-0.25, -0.2) is 0 Å². The fourth-order valence-electron chi connectivity index (χ4n) is 2.08. The second-order valence-electron chi connectivity index (χ2n) is 4.81. The fraction of sp³-hybridized carbons (Fsp3) is 0.727. The molecule has 0 saturated heterocycles. The van der Waals surface area contributed by atoms with Crippen LogP contribution in [0.15, 0.2) is 4.42 Å². The molecule has 1 heterocycles. The van der Waals surface area contributed by atoms with E-state index in [1.54, 1.807) is 6.92 Å². The molecule has 86 valence electrons. The molecule has 1 amide bonds. The van der Waals surface area contributed by atoms with Crippen molar-refractivity contribution in [3.63, 3.8) is 0 Å². The van der Waals surface area contributed by atoms with Gasteiger partial charge in [0, 0.05) is 24.8 Å². The lowest BCUT2D eigenvalue weighted by Crippen LogP contribution is -2.44. The maximum atomic E-state index is 11.5. The molecule has 16 heavy (non-hydrogen) atoms. The molecule has 2 aliphatic carbocycles. The topological polar surface area (TPSA) is 68.0 Å². The van der Waals surface area contributed by atoms with E-state index in [-0.39, 0.29) is 5.91 Å². The number of amides is 1. The number of carbonyl (C=O) groups excluding carboxylic acids is 1. The number of aryl methyl sites for hydroxylation is 1. The quantitative estimate of drug-likeness (QED) is 0.831. The summed E-state index contributed by atoms with van der Waals surface area (Å²) in [6.07, 6.45) is 3.98. The molecule has 1 aromatic rings. The van der Waals surface area contributed by atoms with Crippen LogP contribution in [0.2, 0.25) is 0 Å². The molecular formula is C11H15N3O2. The summed E-state index contributed by atoms with van der Waals surface area (Å²) in [6.45, 7) is 1.79. The van der Waals surface area contributed by atoms with E-state index in [1.165, 1.54) is 0 Å². The molecule has 2 aliphatic rings. The highest BCUT2D eigenvalue weighted by atomic mass is 16.4. The molecule has 2 fully saturated rings. The van der Waals surface area contributed by atoms with Crippen LogP contribution in [0, 0.1) is 12.8 Å². The van der Waals surface area contributed by atoms with E-state index in [9.17, 15) is 4.79 Å². The first kappa shape index (κ1) is 9.81. The average molecular weight is 221 g/mol. The predicted octanol–water partition coefficient (Wildman–Crippen LogP) is 1.15. The van der Waals surface area contributed by atoms with Crippen molar-refractivity contribution in [3.05, 3.63) is 11.8 Å². The van der Waals surface area contributed by atoms with E-state index in [4.69, 9.17) is 4.42 Å². The highest BCUT2D eigenvalue weighted by molar-refractivity contribution is 5.81. The normalized spacial score (nSPS) is 28.6. The summed E-state index contributed by atoms with van der Waals surface area (Å²) in [5, 5.41) is 10.9. The van der Waals surface area contributed by atoms with E-state index in [1.807, 2.05) is 0 Å². The first-order valence-corrected chi connectivity index (χ1v) is 5.83. The highest BCUT2D eigenvalue weighted by Crippen LogP contribution is 2.37. The smallest absolute Gasteiger partial charge is 0.223 e. The van der Waals surface area contributed by atoms with Gasteiger partial charge in [-0.2, -0.15) is 0 Å². The Hall–Kier alpha value is -1.39. The lowest BCUT2D eigenvalue weighted by atomic mass is 9.80. The van der Waals surface area contributed by atoms with Gasteiger partial charge in [0.15, 0.2) is 0 Å². The third kappa shape index (κ3) is 1.81. The van der Waals surface area contributed by atoms with E-state index < -0.39 is 0 Å². The van der Waals surface area contributed by atoms with Crippen molar-refractivity contribution in [2.45, 2.75) is 44.6 Å². The number of hydrogen-bond acceptors (Lipinski definition) is 4. The second kappa shape index (κ2) is 3.57. The van der Waals surface area contributed by atoms with Gasteiger partial charge < -0.3 is 9.73 Å². The molecule has 2 saturated carbocycles. The monoisotopic (exact) mass is 221 g/mol. The zero-order valence-corrected chi connectivity index (χ0v) is 9.27. The molecule has 5 heteroatoms. The minimum Gasteiger partial charge on any atom is -0.425 e. The molecule has 0 atom stereocenters. The molecule has 3 rings (SSSR count). The Bertz CT molecular complexity index is 405. The summed E-state index contributed by atoms with van der Waals surface area (Å²) in [6, 6.07) is 0.310. The van der Waals surface area contributed by atoms with E-state index in [2.05, 4.69) is 15.5 Å². The Morgan fingerprint density at radius 1 is 1.38 bits per heavy atom. The summed E-state index contributed by atoms with van der Waals surface area (Å²) in [5.74, 6) is 2.19. The standard InChI is InChI=1S/C11H15N3O2/c1-6-13-14-11(16-6)8-4-9(5-8)12-10(15)7-2-3-7/h7-9H,2-5H2,1H3,(H,12,15). The Morgan fingerprint density at radius 2 is 2.12 bits per heavy atom. The maximum Gasteiger partial charge on any atom is 0.223 e. The van der Waals surface area contributed by atoms with Gasteiger partial charge in [0.1, 0.15) is 0 Å². The van der Waals surface area contributed by atoms with Crippen LogP contribution in [0.4, 0.5) is 0 Å². The largest absolute Gasteiger partial charge is 0.425 e. The van der Waals surface area contributed by atoms with Gasteiger partial charge >= 0.3 is 0 Å².